The van der Waals surface area contributed by atoms with Crippen LogP contribution in [0.5, 0.6) is 5.75 Å². The summed E-state index contributed by atoms with van der Waals surface area (Å²) in [5, 5.41) is 4.99. The highest BCUT2D eigenvalue weighted by Gasteiger charge is 2.32. The fraction of sp³-hybridized carbons (Fsp3) is 0.238. The minimum absolute atomic E-state index is 0.103. The van der Waals surface area contributed by atoms with Gasteiger partial charge in [0.1, 0.15) is 18.1 Å². The first-order valence-electron chi connectivity index (χ1n) is 9.73. The summed E-state index contributed by atoms with van der Waals surface area (Å²) < 4.78 is 47.6. The summed E-state index contributed by atoms with van der Waals surface area (Å²) in [6.45, 7) is 1.45. The fourth-order valence-corrected chi connectivity index (χ4v) is 3.58. The van der Waals surface area contributed by atoms with Gasteiger partial charge in [-0.15, -0.1) is 13.2 Å². The van der Waals surface area contributed by atoms with Crippen molar-refractivity contribution in [2.24, 2.45) is 0 Å². The number of aromatic amines is 1. The van der Waals surface area contributed by atoms with Crippen LogP contribution in [0.15, 0.2) is 41.2 Å². The summed E-state index contributed by atoms with van der Waals surface area (Å²) in [6, 6.07) is 9.11. The molecule has 12 heteroatoms. The van der Waals surface area contributed by atoms with E-state index in [1.54, 1.807) is 31.2 Å². The largest absolute Gasteiger partial charge is 0.573 e. The number of hydrogen-bond donors (Lipinski definition) is 1. The lowest BCUT2D eigenvalue weighted by molar-refractivity contribution is -0.274. The van der Waals surface area contributed by atoms with Crippen LogP contribution in [0.25, 0.3) is 21.8 Å². The van der Waals surface area contributed by atoms with E-state index in [4.69, 9.17) is 16.3 Å². The number of nitrogens with one attached hydrogen (secondary N) is 1. The van der Waals surface area contributed by atoms with Gasteiger partial charge in [-0.1, -0.05) is 29.8 Å². The second-order valence-electron chi connectivity index (χ2n) is 6.97. The maximum Gasteiger partial charge on any atom is 0.573 e. The lowest BCUT2D eigenvalue weighted by Gasteiger charge is -2.10. The molecule has 8 nitrogen and oxygen atoms in total. The lowest BCUT2D eigenvalue weighted by Crippen LogP contribution is -2.29. The minimum atomic E-state index is -4.90. The Balaban J connectivity index is 1.74. The summed E-state index contributed by atoms with van der Waals surface area (Å²) >= 11 is 5.90. The Bertz CT molecular complexity index is 1410. The number of H-pyrrole nitrogens is 1. The molecule has 0 bridgehead atoms. The highest BCUT2D eigenvalue weighted by molar-refractivity contribution is 6.32. The second-order valence-corrected chi connectivity index (χ2v) is 7.38. The van der Waals surface area contributed by atoms with E-state index in [-0.39, 0.29) is 30.1 Å². The van der Waals surface area contributed by atoms with Crippen molar-refractivity contribution < 1.29 is 27.4 Å². The van der Waals surface area contributed by atoms with E-state index in [0.29, 0.717) is 27.8 Å². The van der Waals surface area contributed by atoms with Crippen LogP contribution in [-0.4, -0.2) is 38.7 Å². The average Bonchev–Trinajstić information content (AvgIpc) is 3.11. The Morgan fingerprint density at radius 1 is 1.21 bits per heavy atom. The molecule has 33 heavy (non-hydrogen) atoms. The van der Waals surface area contributed by atoms with Crippen LogP contribution in [0.4, 0.5) is 13.2 Å². The van der Waals surface area contributed by atoms with Gasteiger partial charge < -0.3 is 14.5 Å². The third-order valence-corrected chi connectivity index (χ3v) is 4.97. The van der Waals surface area contributed by atoms with Crippen molar-refractivity contribution in [3.63, 3.8) is 0 Å². The molecule has 4 aromatic rings. The number of benzene rings is 2. The van der Waals surface area contributed by atoms with Crippen molar-refractivity contribution in [3.05, 3.63) is 63.3 Å². The summed E-state index contributed by atoms with van der Waals surface area (Å²) in [5.41, 5.74) is 0.589. The van der Waals surface area contributed by atoms with E-state index in [9.17, 15) is 22.8 Å². The highest BCUT2D eigenvalue weighted by atomic mass is 35.5. The van der Waals surface area contributed by atoms with E-state index in [2.05, 4.69) is 19.8 Å². The Morgan fingerprint density at radius 2 is 1.94 bits per heavy atom. The van der Waals surface area contributed by atoms with Gasteiger partial charge >= 0.3 is 12.3 Å². The third-order valence-electron chi connectivity index (χ3n) is 4.67. The van der Waals surface area contributed by atoms with Gasteiger partial charge in [0, 0.05) is 11.5 Å². The van der Waals surface area contributed by atoms with Gasteiger partial charge in [0.25, 0.3) is 5.56 Å². The molecule has 2 aromatic heterocycles. The Kier molecular flexibility index (Phi) is 5.98. The summed E-state index contributed by atoms with van der Waals surface area (Å²) in [6.07, 6.45) is -4.79. The van der Waals surface area contributed by atoms with Crippen molar-refractivity contribution in [1.82, 2.24) is 19.7 Å². The first-order chi connectivity index (χ1) is 15.6. The van der Waals surface area contributed by atoms with Crippen LogP contribution in [0.3, 0.4) is 0 Å². The molecule has 2 aromatic carbocycles. The maximum absolute atomic E-state index is 12.8. The van der Waals surface area contributed by atoms with Gasteiger partial charge in [-0.25, -0.2) is 9.67 Å². The van der Waals surface area contributed by atoms with Gasteiger partial charge in [0.2, 0.25) is 0 Å². The molecule has 0 saturated heterocycles. The molecule has 0 saturated carbocycles. The molecule has 1 N–H and O–H groups in total. The second kappa shape index (κ2) is 8.74. The molecule has 0 aliphatic rings. The fourth-order valence-electron chi connectivity index (χ4n) is 3.38. The van der Waals surface area contributed by atoms with Gasteiger partial charge in [-0.2, -0.15) is 5.10 Å². The van der Waals surface area contributed by atoms with Gasteiger partial charge in [0.15, 0.2) is 0 Å². The number of fused-ring (bicyclic) bond motifs is 2. The first-order valence-corrected chi connectivity index (χ1v) is 10.1. The van der Waals surface area contributed by atoms with Gasteiger partial charge in [0.05, 0.1) is 40.2 Å². The zero-order chi connectivity index (χ0) is 23.8. The molecule has 172 valence electrons. The predicted octanol–water partition coefficient (Wildman–Crippen LogP) is 3.98. The maximum atomic E-state index is 12.8. The molecule has 0 atom stereocenters. The van der Waals surface area contributed by atoms with Crippen molar-refractivity contribution in [2.45, 2.75) is 26.3 Å². The number of nitrogens with zero attached hydrogens (tertiary/aromatic N) is 3. The molecule has 0 unspecified atom stereocenters. The summed E-state index contributed by atoms with van der Waals surface area (Å²) in [7, 11) is 0. The number of carbonyl (C=O) groups is 1. The van der Waals surface area contributed by atoms with E-state index < -0.39 is 23.6 Å². The van der Waals surface area contributed by atoms with Crippen LogP contribution >= 0.6 is 11.6 Å². The number of aromatic nitrogens is 4. The molecule has 0 aliphatic carbocycles. The van der Waals surface area contributed by atoms with Crippen molar-refractivity contribution in [3.8, 4) is 5.75 Å². The summed E-state index contributed by atoms with van der Waals surface area (Å²) in [5.74, 6) is -0.811. The highest BCUT2D eigenvalue weighted by Crippen LogP contribution is 2.33. The molecular weight excluding hydrogens is 465 g/mol. The average molecular weight is 481 g/mol. The van der Waals surface area contributed by atoms with Gasteiger partial charge in [-0.05, 0) is 19.1 Å². The Hall–Kier alpha value is -3.60. The third kappa shape index (κ3) is 4.92. The number of ether oxygens (including phenoxy) is 2. The molecule has 2 heterocycles. The molecule has 0 spiro atoms. The molecule has 4 rings (SSSR count). The number of hydrogen-bond acceptors (Lipinski definition) is 6. The topological polar surface area (TPSA) is 99.1 Å². The number of halogens is 4. The molecule has 0 fully saturated rings. The number of rotatable bonds is 6. The standard InChI is InChI=1S/C21H16ClF3N4O4/c1-2-32-19(30)10-29-20(31)12-6-4-3-5-11(12)14(28-29)9-18-26-15-7-13(22)17(8-16(15)27-18)33-21(23,24)25/h3-8H,2,9-10H2,1H3,(H,26,27). The quantitative estimate of drug-likeness (QED) is 0.419. The number of alkyl halides is 3. The number of esters is 1. The zero-order valence-corrected chi connectivity index (χ0v) is 17.8. The first kappa shape index (κ1) is 22.6. The molecule has 0 aliphatic heterocycles. The van der Waals surface area contributed by atoms with Crippen LogP contribution in [0.1, 0.15) is 18.4 Å². The Morgan fingerprint density at radius 3 is 2.64 bits per heavy atom. The molecular formula is C21H16ClF3N4O4. The SMILES string of the molecule is CCOC(=O)Cn1nc(Cc2nc3cc(OC(F)(F)F)c(Cl)cc3[nH]2)c2ccccc2c1=O. The molecule has 0 amide bonds. The summed E-state index contributed by atoms with van der Waals surface area (Å²) in [4.78, 5) is 31.9. The van der Waals surface area contributed by atoms with Crippen LogP contribution < -0.4 is 10.3 Å². The van der Waals surface area contributed by atoms with Crippen LogP contribution in [-0.2, 0) is 22.5 Å². The van der Waals surface area contributed by atoms with Gasteiger partial charge in [-0.3, -0.25) is 9.59 Å². The van der Waals surface area contributed by atoms with E-state index in [0.717, 1.165) is 10.7 Å². The van der Waals surface area contributed by atoms with Crippen molar-refractivity contribution in [1.29, 1.82) is 0 Å². The zero-order valence-electron chi connectivity index (χ0n) is 17.1. The lowest BCUT2D eigenvalue weighted by atomic mass is 10.1. The van der Waals surface area contributed by atoms with E-state index in [1.807, 2.05) is 0 Å². The smallest absolute Gasteiger partial charge is 0.465 e. The number of carbonyl (C=O) groups excluding carboxylic acids is 1. The molecule has 0 radical (unpaired) electrons. The minimum Gasteiger partial charge on any atom is -0.465 e. The monoisotopic (exact) mass is 480 g/mol. The van der Waals surface area contributed by atoms with Crippen molar-refractivity contribution in [2.75, 3.05) is 6.61 Å². The van der Waals surface area contributed by atoms with E-state index >= 15 is 0 Å². The van der Waals surface area contributed by atoms with Crippen molar-refractivity contribution >= 4 is 39.4 Å². The van der Waals surface area contributed by atoms with E-state index in [1.165, 1.54) is 6.07 Å². The predicted molar refractivity (Wildman–Crippen MR) is 113 cm³/mol. The Labute approximate surface area is 188 Å². The van der Waals surface area contributed by atoms with Crippen LogP contribution in [0.2, 0.25) is 5.02 Å². The van der Waals surface area contributed by atoms with Crippen LogP contribution in [0, 0.1) is 0 Å². The number of imidazole rings is 1. The normalized spacial score (nSPS) is 11.8.